The first kappa shape index (κ1) is 18.9. The van der Waals surface area contributed by atoms with Gasteiger partial charge in [-0.25, -0.2) is 0 Å². The number of aliphatic hydroxyl groups is 1. The van der Waals surface area contributed by atoms with E-state index >= 15 is 0 Å². The normalized spacial score (nSPS) is 26.7. The van der Waals surface area contributed by atoms with E-state index in [1.165, 1.54) is 38.8 Å². The van der Waals surface area contributed by atoms with Gasteiger partial charge in [0.05, 0.1) is 6.10 Å². The molecule has 1 aliphatic rings. The van der Waals surface area contributed by atoms with Crippen molar-refractivity contribution < 1.29 is 5.11 Å². The van der Waals surface area contributed by atoms with E-state index in [9.17, 15) is 5.11 Å². The summed E-state index contributed by atoms with van der Waals surface area (Å²) >= 11 is 0. The summed E-state index contributed by atoms with van der Waals surface area (Å²) in [6, 6.07) is 0. The molecule has 126 valence electrons. The second kappa shape index (κ2) is 10.6. The first-order chi connectivity index (χ1) is 10.1. The van der Waals surface area contributed by atoms with Crippen molar-refractivity contribution in [1.29, 1.82) is 0 Å². The van der Waals surface area contributed by atoms with Crippen LogP contribution in [-0.2, 0) is 0 Å². The Bertz CT molecular complexity index is 256. The molecule has 3 heteroatoms. The van der Waals surface area contributed by atoms with E-state index in [-0.39, 0.29) is 6.10 Å². The SMILES string of the molecule is CCC1CCC(O)C(CN(CC)CCCN(CC)CC)C1. The molecule has 3 unspecified atom stereocenters. The summed E-state index contributed by atoms with van der Waals surface area (Å²) in [5.41, 5.74) is 0. The quantitative estimate of drug-likeness (QED) is 0.671. The van der Waals surface area contributed by atoms with Crippen LogP contribution in [-0.4, -0.2) is 60.3 Å². The molecule has 3 atom stereocenters. The van der Waals surface area contributed by atoms with Gasteiger partial charge in [-0.1, -0.05) is 34.1 Å². The molecule has 1 rings (SSSR count). The minimum Gasteiger partial charge on any atom is -0.393 e. The van der Waals surface area contributed by atoms with Gasteiger partial charge in [-0.05, 0) is 70.2 Å². The third-order valence-corrected chi connectivity index (χ3v) is 5.41. The Morgan fingerprint density at radius 1 is 0.905 bits per heavy atom. The second-order valence-corrected chi connectivity index (χ2v) is 6.69. The van der Waals surface area contributed by atoms with E-state index in [1.807, 2.05) is 0 Å². The maximum Gasteiger partial charge on any atom is 0.0580 e. The molecule has 0 amide bonds. The van der Waals surface area contributed by atoms with Crippen LogP contribution in [0, 0.1) is 11.8 Å². The van der Waals surface area contributed by atoms with Gasteiger partial charge in [0.25, 0.3) is 0 Å². The number of rotatable bonds is 10. The molecule has 0 radical (unpaired) electrons. The topological polar surface area (TPSA) is 26.7 Å². The van der Waals surface area contributed by atoms with Crippen LogP contribution in [0.15, 0.2) is 0 Å². The molecule has 0 saturated heterocycles. The minimum absolute atomic E-state index is 0.0652. The summed E-state index contributed by atoms with van der Waals surface area (Å²) in [6.07, 6.45) is 5.92. The van der Waals surface area contributed by atoms with Crippen LogP contribution in [0.2, 0.25) is 0 Å². The van der Waals surface area contributed by atoms with Crippen LogP contribution in [0.4, 0.5) is 0 Å². The van der Waals surface area contributed by atoms with Crippen molar-refractivity contribution in [3.05, 3.63) is 0 Å². The van der Waals surface area contributed by atoms with Crippen molar-refractivity contribution in [1.82, 2.24) is 9.80 Å². The van der Waals surface area contributed by atoms with Gasteiger partial charge in [0.1, 0.15) is 0 Å². The van der Waals surface area contributed by atoms with Crippen LogP contribution in [0.25, 0.3) is 0 Å². The summed E-state index contributed by atoms with van der Waals surface area (Å²) in [7, 11) is 0. The molecule has 3 nitrogen and oxygen atoms in total. The van der Waals surface area contributed by atoms with Crippen LogP contribution in [0.1, 0.15) is 59.8 Å². The van der Waals surface area contributed by atoms with Gasteiger partial charge in [0.15, 0.2) is 0 Å². The van der Waals surface area contributed by atoms with E-state index in [1.54, 1.807) is 0 Å². The van der Waals surface area contributed by atoms with Gasteiger partial charge in [-0.15, -0.1) is 0 Å². The van der Waals surface area contributed by atoms with Gasteiger partial charge < -0.3 is 14.9 Å². The van der Waals surface area contributed by atoms with Crippen molar-refractivity contribution >= 4 is 0 Å². The Labute approximate surface area is 132 Å². The lowest BCUT2D eigenvalue weighted by molar-refractivity contribution is 0.0270. The zero-order valence-electron chi connectivity index (χ0n) is 14.9. The molecule has 0 aromatic heterocycles. The molecule has 1 fully saturated rings. The maximum absolute atomic E-state index is 10.3. The fourth-order valence-corrected chi connectivity index (χ4v) is 3.68. The molecule has 1 saturated carbocycles. The van der Waals surface area contributed by atoms with E-state index < -0.39 is 0 Å². The Morgan fingerprint density at radius 2 is 1.52 bits per heavy atom. The van der Waals surface area contributed by atoms with Crippen molar-refractivity contribution in [2.75, 3.05) is 39.3 Å². The fraction of sp³-hybridized carbons (Fsp3) is 1.00. The lowest BCUT2D eigenvalue weighted by atomic mass is 9.78. The molecule has 1 N–H and O–H groups in total. The Kier molecular flexibility index (Phi) is 9.54. The number of nitrogens with zero attached hydrogens (tertiary/aromatic N) is 2. The molecule has 0 aliphatic heterocycles. The van der Waals surface area contributed by atoms with Crippen molar-refractivity contribution in [3.63, 3.8) is 0 Å². The van der Waals surface area contributed by atoms with E-state index in [4.69, 9.17) is 0 Å². The molecule has 21 heavy (non-hydrogen) atoms. The third kappa shape index (κ3) is 6.66. The largest absolute Gasteiger partial charge is 0.393 e. The van der Waals surface area contributed by atoms with E-state index in [0.29, 0.717) is 5.92 Å². The van der Waals surface area contributed by atoms with Crippen molar-refractivity contribution in [3.8, 4) is 0 Å². The van der Waals surface area contributed by atoms with Gasteiger partial charge in [0.2, 0.25) is 0 Å². The number of hydrogen-bond donors (Lipinski definition) is 1. The molecule has 0 aromatic rings. The predicted octanol–water partition coefficient (Wildman–Crippen LogP) is 3.23. The Morgan fingerprint density at radius 3 is 2.10 bits per heavy atom. The summed E-state index contributed by atoms with van der Waals surface area (Å²) < 4.78 is 0. The molecular weight excluding hydrogens is 260 g/mol. The first-order valence-electron chi connectivity index (χ1n) is 9.27. The highest BCUT2D eigenvalue weighted by Gasteiger charge is 2.29. The zero-order chi connectivity index (χ0) is 15.7. The predicted molar refractivity (Wildman–Crippen MR) is 91.6 cm³/mol. The third-order valence-electron chi connectivity index (χ3n) is 5.41. The molecule has 0 heterocycles. The Hall–Kier alpha value is -0.120. The average Bonchev–Trinajstić information content (AvgIpc) is 2.52. The minimum atomic E-state index is -0.0652. The van der Waals surface area contributed by atoms with Crippen molar-refractivity contribution in [2.24, 2.45) is 11.8 Å². The highest BCUT2D eigenvalue weighted by molar-refractivity contribution is 4.81. The lowest BCUT2D eigenvalue weighted by Crippen LogP contribution is -2.40. The summed E-state index contributed by atoms with van der Waals surface area (Å²) in [6.45, 7) is 15.9. The highest BCUT2D eigenvalue weighted by Crippen LogP contribution is 2.31. The van der Waals surface area contributed by atoms with Crippen LogP contribution in [0.3, 0.4) is 0 Å². The van der Waals surface area contributed by atoms with Crippen molar-refractivity contribution in [2.45, 2.75) is 65.9 Å². The Balaban J connectivity index is 2.34. The standard InChI is InChI=1S/C18H38N2O/c1-5-16-10-11-18(21)17(14-16)15-20(8-4)13-9-12-19(6-2)7-3/h16-18,21H,5-15H2,1-4H3. The van der Waals surface area contributed by atoms with Crippen LogP contribution >= 0.6 is 0 Å². The van der Waals surface area contributed by atoms with Gasteiger partial charge in [-0.2, -0.15) is 0 Å². The number of hydrogen-bond acceptors (Lipinski definition) is 3. The maximum atomic E-state index is 10.3. The number of aliphatic hydroxyl groups excluding tert-OH is 1. The monoisotopic (exact) mass is 298 g/mol. The molecule has 1 aliphatic carbocycles. The highest BCUT2D eigenvalue weighted by atomic mass is 16.3. The lowest BCUT2D eigenvalue weighted by Gasteiger charge is -2.36. The van der Waals surface area contributed by atoms with Gasteiger partial charge in [0, 0.05) is 6.54 Å². The van der Waals surface area contributed by atoms with Crippen LogP contribution < -0.4 is 0 Å². The summed E-state index contributed by atoms with van der Waals surface area (Å²) in [5, 5.41) is 10.3. The van der Waals surface area contributed by atoms with E-state index in [0.717, 1.165) is 38.5 Å². The molecule has 0 spiro atoms. The van der Waals surface area contributed by atoms with Crippen LogP contribution in [0.5, 0.6) is 0 Å². The molecule has 0 bridgehead atoms. The average molecular weight is 299 g/mol. The smallest absolute Gasteiger partial charge is 0.0580 e. The second-order valence-electron chi connectivity index (χ2n) is 6.69. The molecule has 0 aromatic carbocycles. The van der Waals surface area contributed by atoms with E-state index in [2.05, 4.69) is 37.5 Å². The zero-order valence-corrected chi connectivity index (χ0v) is 14.9. The molecular formula is C18H38N2O. The summed E-state index contributed by atoms with van der Waals surface area (Å²) in [4.78, 5) is 5.05. The summed E-state index contributed by atoms with van der Waals surface area (Å²) in [5.74, 6) is 1.34. The van der Waals surface area contributed by atoms with Gasteiger partial charge in [-0.3, -0.25) is 0 Å². The first-order valence-corrected chi connectivity index (χ1v) is 9.27. The fourth-order valence-electron chi connectivity index (χ4n) is 3.68. The van der Waals surface area contributed by atoms with Gasteiger partial charge >= 0.3 is 0 Å².